The molecule has 2 aromatic rings. The van der Waals surface area contributed by atoms with Crippen molar-refractivity contribution in [1.29, 1.82) is 0 Å². The fourth-order valence-corrected chi connectivity index (χ4v) is 2.56. The van der Waals surface area contributed by atoms with Gasteiger partial charge in [-0.3, -0.25) is 4.79 Å². The first-order valence-corrected chi connectivity index (χ1v) is 8.34. The molecule has 7 N–H and O–H groups in total. The van der Waals surface area contributed by atoms with Crippen LogP contribution in [0.4, 0.5) is 5.69 Å². The van der Waals surface area contributed by atoms with Gasteiger partial charge in [0.05, 0.1) is 12.8 Å². The molecule has 0 saturated heterocycles. The normalized spacial score (nSPS) is 11.7. The lowest BCUT2D eigenvalue weighted by Crippen LogP contribution is -2.31. The molecule has 0 aliphatic heterocycles. The largest absolute Gasteiger partial charge is 0.481 e. The number of hydrogen-bond donors (Lipinski definition) is 4. The number of anilines is 1. The number of nitrogen functional groups attached to an aromatic ring is 1. The van der Waals surface area contributed by atoms with Crippen LogP contribution in [0.1, 0.15) is 24.5 Å². The highest BCUT2D eigenvalue weighted by Crippen LogP contribution is 2.33. The first kappa shape index (κ1) is 19.1. The molecule has 2 rings (SSSR count). The molecule has 7 heteroatoms. The van der Waals surface area contributed by atoms with Gasteiger partial charge < -0.3 is 27.3 Å². The van der Waals surface area contributed by atoms with Crippen LogP contribution < -0.4 is 27.3 Å². The van der Waals surface area contributed by atoms with Crippen molar-refractivity contribution in [2.24, 2.45) is 11.5 Å². The van der Waals surface area contributed by atoms with Crippen molar-refractivity contribution >= 4 is 17.3 Å². The number of carbonyl (C=O) groups is 1. The molecular weight excluding hydrogens is 330 g/mol. The molecule has 0 bridgehead atoms. The van der Waals surface area contributed by atoms with E-state index in [1.807, 2.05) is 32.0 Å². The monoisotopic (exact) mass is 355 g/mol. The van der Waals surface area contributed by atoms with E-state index in [9.17, 15) is 4.79 Å². The van der Waals surface area contributed by atoms with Crippen LogP contribution in [0.3, 0.4) is 0 Å². The molecular formula is C19H25N5O2. The van der Waals surface area contributed by atoms with Gasteiger partial charge in [0.15, 0.2) is 0 Å². The molecule has 0 aliphatic carbocycles. The zero-order chi connectivity index (χ0) is 19.3. The maximum absolute atomic E-state index is 12.1. The Kier molecular flexibility index (Phi) is 6.06. The van der Waals surface area contributed by atoms with Crippen molar-refractivity contribution in [3.05, 3.63) is 47.3 Å². The van der Waals surface area contributed by atoms with E-state index in [0.717, 1.165) is 23.1 Å². The van der Waals surface area contributed by atoms with E-state index >= 15 is 0 Å². The van der Waals surface area contributed by atoms with Crippen LogP contribution >= 0.6 is 0 Å². The molecule has 1 aromatic heterocycles. The highest BCUT2D eigenvalue weighted by molar-refractivity contribution is 6.01. The zero-order valence-electron chi connectivity index (χ0n) is 15.3. The van der Waals surface area contributed by atoms with Gasteiger partial charge in [-0.25, -0.2) is 4.98 Å². The lowest BCUT2D eigenvalue weighted by atomic mass is 9.96. The molecule has 0 fully saturated rings. The molecule has 1 aromatic carbocycles. The number of ether oxygens (including phenoxy) is 1. The molecule has 7 nitrogen and oxygen atoms in total. The third-order valence-corrected chi connectivity index (χ3v) is 4.05. The Morgan fingerprint density at radius 3 is 2.62 bits per heavy atom. The highest BCUT2D eigenvalue weighted by atomic mass is 16.5. The Morgan fingerprint density at radius 1 is 1.27 bits per heavy atom. The van der Waals surface area contributed by atoms with E-state index in [2.05, 4.69) is 10.3 Å². The zero-order valence-corrected chi connectivity index (χ0v) is 15.3. The summed E-state index contributed by atoms with van der Waals surface area (Å²) >= 11 is 0. The van der Waals surface area contributed by atoms with Gasteiger partial charge in [0.25, 0.3) is 5.91 Å². The summed E-state index contributed by atoms with van der Waals surface area (Å²) in [6, 6.07) is 7.25. The summed E-state index contributed by atoms with van der Waals surface area (Å²) < 4.78 is 5.14. The molecule has 0 saturated carbocycles. The van der Waals surface area contributed by atoms with E-state index in [1.165, 1.54) is 0 Å². The second kappa shape index (κ2) is 8.24. The number of amides is 1. The predicted molar refractivity (Wildman–Crippen MR) is 104 cm³/mol. The number of para-hydroxylation sites is 1. The fourth-order valence-electron chi connectivity index (χ4n) is 2.56. The van der Waals surface area contributed by atoms with Gasteiger partial charge in [-0.05, 0) is 18.9 Å². The van der Waals surface area contributed by atoms with Gasteiger partial charge in [-0.1, -0.05) is 25.1 Å². The van der Waals surface area contributed by atoms with Gasteiger partial charge in [0.2, 0.25) is 5.88 Å². The Labute approximate surface area is 153 Å². The lowest BCUT2D eigenvalue weighted by Gasteiger charge is -2.15. The van der Waals surface area contributed by atoms with Gasteiger partial charge in [-0.2, -0.15) is 0 Å². The van der Waals surface area contributed by atoms with E-state index in [4.69, 9.17) is 21.9 Å². The average Bonchev–Trinajstić information content (AvgIpc) is 2.65. The minimum absolute atomic E-state index is 0.0492. The molecule has 0 spiro atoms. The van der Waals surface area contributed by atoms with Crippen molar-refractivity contribution in [2.45, 2.75) is 20.3 Å². The Morgan fingerprint density at radius 2 is 2.00 bits per heavy atom. The Balaban J connectivity index is 2.48. The van der Waals surface area contributed by atoms with Crippen LogP contribution in [0.15, 0.2) is 36.2 Å². The molecule has 0 unspecified atom stereocenters. The first-order chi connectivity index (χ1) is 12.4. The molecule has 0 atom stereocenters. The number of aryl methyl sites for hydroxylation is 1. The van der Waals surface area contributed by atoms with E-state index in [1.54, 1.807) is 19.4 Å². The predicted octanol–water partition coefficient (Wildman–Crippen LogP) is 1.76. The summed E-state index contributed by atoms with van der Waals surface area (Å²) in [6.45, 7) is 4.42. The Hall–Kier alpha value is -3.22. The number of methoxy groups -OCH3 is 1. The van der Waals surface area contributed by atoms with Gasteiger partial charge in [0.1, 0.15) is 5.70 Å². The number of nitrogens with zero attached hydrogens (tertiary/aromatic N) is 1. The van der Waals surface area contributed by atoms with E-state index < -0.39 is 5.91 Å². The van der Waals surface area contributed by atoms with Crippen LogP contribution in [0.2, 0.25) is 0 Å². The van der Waals surface area contributed by atoms with Crippen molar-refractivity contribution < 1.29 is 9.53 Å². The molecule has 0 aliphatic rings. The van der Waals surface area contributed by atoms with Crippen LogP contribution in [0.5, 0.6) is 5.88 Å². The molecule has 26 heavy (non-hydrogen) atoms. The van der Waals surface area contributed by atoms with Gasteiger partial charge >= 0.3 is 0 Å². The minimum atomic E-state index is -0.406. The number of nitrogens with two attached hydrogens (primary N) is 3. The van der Waals surface area contributed by atoms with E-state index in [0.29, 0.717) is 23.7 Å². The molecule has 1 amide bonds. The van der Waals surface area contributed by atoms with Crippen LogP contribution in [-0.4, -0.2) is 24.5 Å². The van der Waals surface area contributed by atoms with Crippen LogP contribution in [-0.2, 0) is 4.79 Å². The van der Waals surface area contributed by atoms with Crippen LogP contribution in [0, 0.1) is 6.92 Å². The first-order valence-electron chi connectivity index (χ1n) is 8.34. The summed E-state index contributed by atoms with van der Waals surface area (Å²) in [5, 5.41) is 2.70. The summed E-state index contributed by atoms with van der Waals surface area (Å²) in [4.78, 5) is 16.3. The Bertz CT molecular complexity index is 846. The number of carbonyl (C=O) groups excluding carboxylic acids is 1. The minimum Gasteiger partial charge on any atom is -0.481 e. The summed E-state index contributed by atoms with van der Waals surface area (Å²) in [5.74, 6) is 0.119. The molecule has 1 heterocycles. The van der Waals surface area contributed by atoms with Crippen LogP contribution in [0.25, 0.3) is 16.8 Å². The number of aromatic nitrogens is 1. The third-order valence-electron chi connectivity index (χ3n) is 4.05. The smallest absolute Gasteiger partial charge is 0.269 e. The summed E-state index contributed by atoms with van der Waals surface area (Å²) in [7, 11) is 1.56. The second-order valence-corrected chi connectivity index (χ2v) is 5.89. The average molecular weight is 355 g/mol. The standard InChI is InChI=1S/C19H25N5O2/c1-4-8-23-19(25)18(22)17(21)13-7-5-6-12(16(13)20)14-10-24-15(26-3)9-11(14)2/h5-7,9-10H,4,8,20-22H2,1-3H3,(H,23,25)/b18-17+. The number of hydrogen-bond acceptors (Lipinski definition) is 6. The summed E-state index contributed by atoms with van der Waals surface area (Å²) in [6.07, 6.45) is 2.50. The van der Waals surface area contributed by atoms with Crippen molar-refractivity contribution in [3.8, 4) is 17.0 Å². The number of rotatable bonds is 6. The van der Waals surface area contributed by atoms with Crippen molar-refractivity contribution in [3.63, 3.8) is 0 Å². The van der Waals surface area contributed by atoms with E-state index in [-0.39, 0.29) is 11.4 Å². The quantitative estimate of drug-likeness (QED) is 0.461. The molecule has 138 valence electrons. The SMILES string of the molecule is CCCNC(=O)/C(N)=C(\N)c1cccc(-c2cnc(OC)cc2C)c1N. The number of pyridine rings is 1. The molecule has 0 radical (unpaired) electrons. The highest BCUT2D eigenvalue weighted by Gasteiger charge is 2.16. The van der Waals surface area contributed by atoms with Gasteiger partial charge in [-0.15, -0.1) is 0 Å². The van der Waals surface area contributed by atoms with Gasteiger partial charge in [0, 0.05) is 41.2 Å². The van der Waals surface area contributed by atoms with Crippen molar-refractivity contribution in [1.82, 2.24) is 10.3 Å². The lowest BCUT2D eigenvalue weighted by molar-refractivity contribution is -0.117. The fraction of sp³-hybridized carbons (Fsp3) is 0.263. The second-order valence-electron chi connectivity index (χ2n) is 5.89. The number of nitrogens with one attached hydrogen (secondary N) is 1. The number of benzene rings is 1. The third kappa shape index (κ3) is 3.88. The summed E-state index contributed by atoms with van der Waals surface area (Å²) in [5.41, 5.74) is 22.0. The van der Waals surface area contributed by atoms with Crippen molar-refractivity contribution in [2.75, 3.05) is 19.4 Å². The maximum Gasteiger partial charge on any atom is 0.269 e. The maximum atomic E-state index is 12.1. The topological polar surface area (TPSA) is 129 Å².